The molecule has 4 rings (SSSR count). The molecule has 16 heteroatoms. The molecule has 1 aliphatic rings. The van der Waals surface area contributed by atoms with Crippen LogP contribution in [0, 0.1) is 11.8 Å². The second-order valence-electron chi connectivity index (χ2n) is 13.5. The summed E-state index contributed by atoms with van der Waals surface area (Å²) in [5, 5.41) is 17.0. The van der Waals surface area contributed by atoms with E-state index in [1.54, 1.807) is 29.5 Å². The Morgan fingerprint density at radius 2 is 1.69 bits per heavy atom. The minimum absolute atomic E-state index is 0.0542. The van der Waals surface area contributed by atoms with E-state index in [2.05, 4.69) is 10.3 Å². The number of nitrogens with zero attached hydrogens (tertiary/aromatic N) is 5. The lowest BCUT2D eigenvalue weighted by Crippen LogP contribution is -2.57. The molecule has 2 heterocycles. The maximum atomic E-state index is 14.2. The molecule has 14 nitrogen and oxygen atoms in total. The summed E-state index contributed by atoms with van der Waals surface area (Å²) in [6.45, 7) is 8.21. The number of ether oxygens (including phenoxy) is 2. The van der Waals surface area contributed by atoms with Gasteiger partial charge in [0.1, 0.15) is 11.8 Å². The van der Waals surface area contributed by atoms with E-state index in [9.17, 15) is 27.9 Å². The molecule has 2 N–H and O–H groups in total. The van der Waals surface area contributed by atoms with Crippen LogP contribution in [0.5, 0.6) is 5.75 Å². The fourth-order valence-corrected chi connectivity index (χ4v) is 8.47. The molecule has 4 amide bonds. The number of thiazole rings is 1. The van der Waals surface area contributed by atoms with Crippen LogP contribution in [0.15, 0.2) is 64.9 Å². The molecule has 1 aliphatic heterocycles. The van der Waals surface area contributed by atoms with Gasteiger partial charge in [0, 0.05) is 38.6 Å². The number of aliphatic hydroxyl groups excluding tert-OH is 1. The molecule has 0 aliphatic carbocycles. The molecular formula is C36H50N6O8S2. The van der Waals surface area contributed by atoms with Gasteiger partial charge in [0.2, 0.25) is 15.9 Å². The van der Waals surface area contributed by atoms with Gasteiger partial charge in [0.25, 0.3) is 0 Å². The van der Waals surface area contributed by atoms with Crippen LogP contribution in [0.25, 0.3) is 0 Å². The third kappa shape index (κ3) is 9.99. The molecule has 2 aromatic carbocycles. The number of aliphatic hydroxyl groups is 1. The van der Waals surface area contributed by atoms with E-state index < -0.39 is 40.2 Å². The van der Waals surface area contributed by atoms with Gasteiger partial charge in [-0.3, -0.25) is 9.69 Å². The van der Waals surface area contributed by atoms with Crippen LogP contribution in [0.4, 0.5) is 14.7 Å². The third-order valence-electron chi connectivity index (χ3n) is 8.74. The molecule has 1 fully saturated rings. The Morgan fingerprint density at radius 3 is 2.29 bits per heavy atom. The first-order valence-corrected chi connectivity index (χ1v) is 19.5. The molecule has 0 unspecified atom stereocenters. The molecule has 0 radical (unpaired) electrons. The smallest absolute Gasteiger partial charge is 0.415 e. The SMILES string of the molecule is COC(=O)N(C)c1nc(CN2CCN([C@H](C(=O)N[C@@H](Cc3ccccc3)[C@H](O)CN(CC(C)C)S(=O)(=O)c3ccc(OC)cc3)C(C)C)C2=O)cs1. The summed E-state index contributed by atoms with van der Waals surface area (Å²) in [5.74, 6) is -0.276. The van der Waals surface area contributed by atoms with E-state index in [4.69, 9.17) is 9.47 Å². The normalized spacial score (nSPS) is 15.2. The monoisotopic (exact) mass is 758 g/mol. The van der Waals surface area contributed by atoms with Crippen molar-refractivity contribution in [2.75, 3.05) is 52.3 Å². The standard InChI is InChI=1S/C36H50N6O8S2/c1-24(2)20-41(52(47,48)29-15-13-28(49-6)14-16-29)22-31(43)30(19-26-11-9-8-10-12-26)38-33(44)32(25(3)4)42-18-17-40(35(42)45)21-27-23-51-34(37-27)39(5)36(46)50-7/h8-16,23-25,30-32,43H,17-22H2,1-7H3,(H,38,44)/t30-,31+,32-/m0/s1. The molecular weight excluding hydrogens is 709 g/mol. The first-order chi connectivity index (χ1) is 24.7. The fourth-order valence-electron chi connectivity index (χ4n) is 6.07. The lowest BCUT2D eigenvalue weighted by molar-refractivity contribution is -0.128. The van der Waals surface area contributed by atoms with Crippen molar-refractivity contribution in [1.29, 1.82) is 0 Å². The van der Waals surface area contributed by atoms with Crippen LogP contribution in [0.2, 0.25) is 0 Å². The van der Waals surface area contributed by atoms with Gasteiger partial charge in [-0.05, 0) is 48.1 Å². The Bertz CT molecular complexity index is 1750. The van der Waals surface area contributed by atoms with Gasteiger partial charge in [0.05, 0.1) is 43.5 Å². The summed E-state index contributed by atoms with van der Waals surface area (Å²) < 4.78 is 38.9. The van der Waals surface area contributed by atoms with Gasteiger partial charge in [-0.15, -0.1) is 11.3 Å². The number of benzene rings is 2. The van der Waals surface area contributed by atoms with Gasteiger partial charge >= 0.3 is 12.1 Å². The van der Waals surface area contributed by atoms with Crippen molar-refractivity contribution in [2.24, 2.45) is 11.8 Å². The van der Waals surface area contributed by atoms with Crippen molar-refractivity contribution in [3.63, 3.8) is 0 Å². The van der Waals surface area contributed by atoms with Crippen LogP contribution in [-0.2, 0) is 32.5 Å². The molecule has 0 spiro atoms. The van der Waals surface area contributed by atoms with Gasteiger partial charge in [-0.25, -0.2) is 23.0 Å². The van der Waals surface area contributed by atoms with Gasteiger partial charge in [-0.2, -0.15) is 4.31 Å². The number of sulfonamides is 1. The predicted octanol–water partition coefficient (Wildman–Crippen LogP) is 4.05. The van der Waals surface area contributed by atoms with E-state index in [-0.39, 0.29) is 48.8 Å². The average molecular weight is 759 g/mol. The number of hydrogen-bond donors (Lipinski definition) is 2. The van der Waals surface area contributed by atoms with E-state index in [0.29, 0.717) is 29.7 Å². The number of aromatic nitrogens is 1. The first kappa shape index (κ1) is 40.5. The summed E-state index contributed by atoms with van der Waals surface area (Å²) in [4.78, 5) is 48.8. The number of carbonyl (C=O) groups excluding carboxylic acids is 3. The van der Waals surface area contributed by atoms with Crippen molar-refractivity contribution in [3.05, 3.63) is 71.2 Å². The van der Waals surface area contributed by atoms with Crippen LogP contribution in [-0.4, -0.2) is 116 Å². The molecule has 1 aromatic heterocycles. The lowest BCUT2D eigenvalue weighted by atomic mass is 9.97. The van der Waals surface area contributed by atoms with Gasteiger partial charge in [-0.1, -0.05) is 58.0 Å². The van der Waals surface area contributed by atoms with Crippen molar-refractivity contribution in [2.45, 2.75) is 63.7 Å². The average Bonchev–Trinajstić information content (AvgIpc) is 3.73. The number of methoxy groups -OCH3 is 2. The van der Waals surface area contributed by atoms with Crippen LogP contribution < -0.4 is 15.0 Å². The van der Waals surface area contributed by atoms with Crippen LogP contribution in [0.3, 0.4) is 0 Å². The molecule has 3 aromatic rings. The Hall–Kier alpha value is -4.25. The first-order valence-electron chi connectivity index (χ1n) is 17.1. The second kappa shape index (κ2) is 18.0. The number of amides is 4. The zero-order chi connectivity index (χ0) is 38.2. The lowest BCUT2D eigenvalue weighted by Gasteiger charge is -2.34. The van der Waals surface area contributed by atoms with E-state index in [1.165, 1.54) is 51.8 Å². The summed E-state index contributed by atoms with van der Waals surface area (Å²) in [7, 11) is 0.306. The highest BCUT2D eigenvalue weighted by Gasteiger charge is 2.41. The van der Waals surface area contributed by atoms with Gasteiger partial charge < -0.3 is 29.7 Å². The Balaban J connectivity index is 1.54. The molecule has 0 bridgehead atoms. The quantitative estimate of drug-likeness (QED) is 0.207. The van der Waals surface area contributed by atoms with Crippen LogP contribution in [0.1, 0.15) is 39.0 Å². The Morgan fingerprint density at radius 1 is 1.02 bits per heavy atom. The second-order valence-corrected chi connectivity index (χ2v) is 16.3. The van der Waals surface area contributed by atoms with Gasteiger partial charge in [0.15, 0.2) is 5.13 Å². The van der Waals surface area contributed by atoms with E-state index in [1.807, 2.05) is 58.0 Å². The summed E-state index contributed by atoms with van der Waals surface area (Å²) >= 11 is 1.25. The maximum Gasteiger partial charge on any atom is 0.415 e. The highest BCUT2D eigenvalue weighted by Crippen LogP contribution is 2.25. The Labute approximate surface area is 310 Å². The number of anilines is 1. The number of carbonyl (C=O) groups is 3. The van der Waals surface area contributed by atoms with Crippen molar-refractivity contribution in [3.8, 4) is 5.75 Å². The van der Waals surface area contributed by atoms with E-state index in [0.717, 1.165) is 5.56 Å². The minimum atomic E-state index is -4.03. The summed E-state index contributed by atoms with van der Waals surface area (Å²) in [6.07, 6.45) is -1.63. The summed E-state index contributed by atoms with van der Waals surface area (Å²) in [6, 6.07) is 13.3. The summed E-state index contributed by atoms with van der Waals surface area (Å²) in [5.41, 5.74) is 1.43. The third-order valence-corrected chi connectivity index (χ3v) is 11.5. The van der Waals surface area contributed by atoms with Crippen molar-refractivity contribution in [1.82, 2.24) is 24.4 Å². The number of rotatable bonds is 17. The maximum absolute atomic E-state index is 14.2. The fraction of sp³-hybridized carbons (Fsp3) is 0.500. The van der Waals surface area contributed by atoms with Crippen molar-refractivity contribution >= 4 is 44.5 Å². The highest BCUT2D eigenvalue weighted by molar-refractivity contribution is 7.89. The zero-order valence-corrected chi connectivity index (χ0v) is 32.4. The predicted molar refractivity (Wildman–Crippen MR) is 199 cm³/mol. The molecule has 52 heavy (non-hydrogen) atoms. The minimum Gasteiger partial charge on any atom is -0.497 e. The molecule has 284 valence electrons. The zero-order valence-electron chi connectivity index (χ0n) is 30.8. The number of urea groups is 1. The number of nitrogens with one attached hydrogen (secondary N) is 1. The highest BCUT2D eigenvalue weighted by atomic mass is 32.2. The van der Waals surface area contributed by atoms with Crippen LogP contribution >= 0.6 is 11.3 Å². The van der Waals surface area contributed by atoms with E-state index >= 15 is 0 Å². The largest absolute Gasteiger partial charge is 0.497 e. The Kier molecular flexibility index (Phi) is 14.0. The number of hydrogen-bond acceptors (Lipinski definition) is 10. The topological polar surface area (TPSA) is 162 Å². The molecule has 3 atom stereocenters. The molecule has 1 saturated heterocycles. The van der Waals surface area contributed by atoms with Crippen molar-refractivity contribution < 1.29 is 37.4 Å². The molecule has 0 saturated carbocycles.